The number of methoxy groups -OCH3 is 1. The van der Waals surface area contributed by atoms with Gasteiger partial charge in [-0.25, -0.2) is 4.98 Å². The molecule has 1 aromatic heterocycles. The second-order valence-corrected chi connectivity index (χ2v) is 5.09. The van der Waals surface area contributed by atoms with Crippen LogP contribution in [0.5, 0.6) is 5.88 Å². The first-order valence-electron chi connectivity index (χ1n) is 6.37. The molecule has 2 rings (SSSR count). The molecule has 104 valence electrons. The fraction of sp³-hybridized carbons (Fsp3) is 0.667. The van der Waals surface area contributed by atoms with Gasteiger partial charge in [0.15, 0.2) is 0 Å². The molecule has 0 bridgehead atoms. The minimum absolute atomic E-state index is 0.0353. The second kappa shape index (κ2) is 5.38. The molecule has 0 unspecified atom stereocenters. The minimum Gasteiger partial charge on any atom is -0.476 e. The van der Waals surface area contributed by atoms with E-state index >= 15 is 0 Å². The molecule has 1 saturated carbocycles. The van der Waals surface area contributed by atoms with Crippen molar-refractivity contribution in [1.29, 1.82) is 0 Å². The zero-order valence-electron chi connectivity index (χ0n) is 11.3. The Morgan fingerprint density at radius 3 is 2.63 bits per heavy atom. The van der Waals surface area contributed by atoms with Gasteiger partial charge in [0.1, 0.15) is 5.82 Å². The third-order valence-corrected chi connectivity index (χ3v) is 2.87. The van der Waals surface area contributed by atoms with Crippen LogP contribution in [0.4, 0.5) is 11.5 Å². The second-order valence-electron chi connectivity index (χ2n) is 5.09. The van der Waals surface area contributed by atoms with E-state index in [0.29, 0.717) is 24.2 Å². The van der Waals surface area contributed by atoms with Crippen LogP contribution in [0.1, 0.15) is 38.4 Å². The van der Waals surface area contributed by atoms with E-state index in [2.05, 4.69) is 15.3 Å². The van der Waals surface area contributed by atoms with Gasteiger partial charge in [0.2, 0.25) is 5.82 Å². The normalized spacial score (nSPS) is 14.5. The molecule has 0 amide bonds. The molecule has 7 nitrogen and oxygen atoms in total. The van der Waals surface area contributed by atoms with Crippen LogP contribution in [0, 0.1) is 16.0 Å². The highest BCUT2D eigenvalue weighted by Gasteiger charge is 2.32. The van der Waals surface area contributed by atoms with Crippen LogP contribution >= 0.6 is 0 Å². The van der Waals surface area contributed by atoms with Crippen LogP contribution in [-0.4, -0.2) is 28.5 Å². The summed E-state index contributed by atoms with van der Waals surface area (Å²) in [4.78, 5) is 19.1. The van der Waals surface area contributed by atoms with E-state index in [1.165, 1.54) is 7.11 Å². The molecule has 0 aromatic carbocycles. The van der Waals surface area contributed by atoms with Crippen LogP contribution in [0.3, 0.4) is 0 Å². The molecule has 1 N–H and O–H groups in total. The summed E-state index contributed by atoms with van der Waals surface area (Å²) in [6.45, 7) is 4.67. The number of hydrogen-bond donors (Lipinski definition) is 1. The molecule has 7 heteroatoms. The molecular formula is C12H18N4O3. The van der Waals surface area contributed by atoms with Gasteiger partial charge in [-0.1, -0.05) is 13.8 Å². The molecule has 0 atom stereocenters. The van der Waals surface area contributed by atoms with E-state index in [1.807, 2.05) is 13.8 Å². The van der Waals surface area contributed by atoms with Gasteiger partial charge >= 0.3 is 5.69 Å². The predicted octanol–water partition coefficient (Wildman–Crippen LogP) is 2.34. The Balaban J connectivity index is 2.39. The Bertz CT molecular complexity index is 486. The van der Waals surface area contributed by atoms with E-state index < -0.39 is 4.92 Å². The lowest BCUT2D eigenvalue weighted by atomic mass is 10.2. The van der Waals surface area contributed by atoms with Crippen molar-refractivity contribution in [3.63, 3.8) is 0 Å². The van der Waals surface area contributed by atoms with Crippen LogP contribution in [0.15, 0.2) is 0 Å². The van der Waals surface area contributed by atoms with E-state index in [0.717, 1.165) is 12.8 Å². The van der Waals surface area contributed by atoms with Gasteiger partial charge in [-0.05, 0) is 18.8 Å². The summed E-state index contributed by atoms with van der Waals surface area (Å²) in [5, 5.41) is 14.2. The molecule has 0 saturated heterocycles. The van der Waals surface area contributed by atoms with E-state index in [4.69, 9.17) is 4.74 Å². The molecule has 0 aliphatic heterocycles. The number of hydrogen-bond acceptors (Lipinski definition) is 6. The monoisotopic (exact) mass is 266 g/mol. The van der Waals surface area contributed by atoms with E-state index in [-0.39, 0.29) is 17.4 Å². The summed E-state index contributed by atoms with van der Waals surface area (Å²) in [7, 11) is 1.39. The van der Waals surface area contributed by atoms with Crippen molar-refractivity contribution < 1.29 is 9.66 Å². The third-order valence-electron chi connectivity index (χ3n) is 2.87. The van der Waals surface area contributed by atoms with Gasteiger partial charge in [-0.2, -0.15) is 4.98 Å². The van der Waals surface area contributed by atoms with E-state index in [9.17, 15) is 10.1 Å². The average Bonchev–Trinajstić information content (AvgIpc) is 3.18. The number of nitrogens with zero attached hydrogens (tertiary/aromatic N) is 3. The minimum atomic E-state index is -0.502. The smallest absolute Gasteiger partial charge is 0.372 e. The summed E-state index contributed by atoms with van der Waals surface area (Å²) < 4.78 is 5.04. The highest BCUT2D eigenvalue weighted by Crippen LogP contribution is 2.41. The molecule has 19 heavy (non-hydrogen) atoms. The molecule has 1 fully saturated rings. The fourth-order valence-corrected chi connectivity index (χ4v) is 1.71. The van der Waals surface area contributed by atoms with Crippen LogP contribution in [0.25, 0.3) is 0 Å². The molecule has 1 aliphatic rings. The van der Waals surface area contributed by atoms with Crippen molar-refractivity contribution >= 4 is 11.5 Å². The van der Waals surface area contributed by atoms with Gasteiger partial charge in [-0.3, -0.25) is 10.1 Å². The molecule has 1 aromatic rings. The van der Waals surface area contributed by atoms with Crippen LogP contribution in [-0.2, 0) is 0 Å². The maximum atomic E-state index is 11.1. The van der Waals surface area contributed by atoms with Crippen LogP contribution < -0.4 is 10.1 Å². The molecule has 0 spiro atoms. The first-order valence-corrected chi connectivity index (χ1v) is 6.37. The first-order chi connectivity index (χ1) is 9.02. The summed E-state index contributed by atoms with van der Waals surface area (Å²) in [5.41, 5.74) is -0.187. The quantitative estimate of drug-likeness (QED) is 0.627. The van der Waals surface area contributed by atoms with Crippen molar-refractivity contribution in [2.45, 2.75) is 32.6 Å². The Kier molecular flexibility index (Phi) is 3.82. The van der Waals surface area contributed by atoms with Gasteiger partial charge in [-0.15, -0.1) is 0 Å². The number of aromatic nitrogens is 2. The maximum Gasteiger partial charge on any atom is 0.372 e. The van der Waals surface area contributed by atoms with Crippen LogP contribution in [0.2, 0.25) is 0 Å². The maximum absolute atomic E-state index is 11.1. The average molecular weight is 266 g/mol. The van der Waals surface area contributed by atoms with E-state index in [1.54, 1.807) is 0 Å². The fourth-order valence-electron chi connectivity index (χ4n) is 1.71. The number of ether oxygens (including phenoxy) is 1. The zero-order valence-corrected chi connectivity index (χ0v) is 11.3. The van der Waals surface area contributed by atoms with Gasteiger partial charge in [0.05, 0.1) is 12.0 Å². The molecule has 1 heterocycles. The first kappa shape index (κ1) is 13.5. The van der Waals surface area contributed by atoms with Crippen molar-refractivity contribution in [3.05, 3.63) is 15.9 Å². The Morgan fingerprint density at radius 2 is 2.16 bits per heavy atom. The Morgan fingerprint density at radius 1 is 1.47 bits per heavy atom. The number of nitrogens with one attached hydrogen (secondary N) is 1. The topological polar surface area (TPSA) is 90.2 Å². The summed E-state index contributed by atoms with van der Waals surface area (Å²) in [6.07, 6.45) is 2.06. The van der Waals surface area contributed by atoms with Crippen molar-refractivity contribution in [2.75, 3.05) is 19.0 Å². The molecule has 1 aliphatic carbocycles. The number of nitro groups is 1. The van der Waals surface area contributed by atoms with Gasteiger partial charge in [0, 0.05) is 12.5 Å². The lowest BCUT2D eigenvalue weighted by Gasteiger charge is -2.11. The summed E-state index contributed by atoms with van der Waals surface area (Å²) >= 11 is 0. The molecular weight excluding hydrogens is 248 g/mol. The Labute approximate surface area is 111 Å². The van der Waals surface area contributed by atoms with Gasteiger partial charge < -0.3 is 10.1 Å². The number of rotatable bonds is 6. The van der Waals surface area contributed by atoms with Crippen molar-refractivity contribution in [2.24, 2.45) is 5.92 Å². The van der Waals surface area contributed by atoms with Gasteiger partial charge in [0.25, 0.3) is 5.88 Å². The summed E-state index contributed by atoms with van der Waals surface area (Å²) in [5.74, 6) is 1.61. The predicted molar refractivity (Wildman–Crippen MR) is 70.5 cm³/mol. The summed E-state index contributed by atoms with van der Waals surface area (Å²) in [6, 6.07) is 0. The lowest BCUT2D eigenvalue weighted by molar-refractivity contribution is -0.385. The Hall–Kier alpha value is -1.92. The molecule has 0 radical (unpaired) electrons. The SMILES string of the molecule is COc1nc(C2CC2)nc(NCC(C)C)c1[N+](=O)[O-]. The zero-order chi connectivity index (χ0) is 14.0. The highest BCUT2D eigenvalue weighted by molar-refractivity contribution is 5.62. The largest absolute Gasteiger partial charge is 0.476 e. The lowest BCUT2D eigenvalue weighted by Crippen LogP contribution is -2.13. The third kappa shape index (κ3) is 3.10. The number of anilines is 1. The standard InChI is InChI=1S/C12H18N4O3/c1-7(2)6-13-11-9(16(17)18)12(19-3)15-10(14-11)8-4-5-8/h7-8H,4-6H2,1-3H3,(H,13,14,15). The van der Waals surface area contributed by atoms with Crippen molar-refractivity contribution in [1.82, 2.24) is 9.97 Å². The highest BCUT2D eigenvalue weighted by atomic mass is 16.6. The van der Waals surface area contributed by atoms with Crippen molar-refractivity contribution in [3.8, 4) is 5.88 Å².